The zero-order valence-electron chi connectivity index (χ0n) is 10.3. The van der Waals surface area contributed by atoms with Crippen molar-refractivity contribution in [3.8, 4) is 0 Å². The van der Waals surface area contributed by atoms with Crippen LogP contribution in [0.5, 0.6) is 0 Å². The van der Waals surface area contributed by atoms with E-state index in [0.717, 1.165) is 21.1 Å². The summed E-state index contributed by atoms with van der Waals surface area (Å²) in [5.41, 5.74) is 2.35. The van der Waals surface area contributed by atoms with Gasteiger partial charge >= 0.3 is 0 Å². The molecule has 1 aromatic carbocycles. The maximum atomic E-state index is 4.69. The second-order valence-electron chi connectivity index (χ2n) is 4.65. The second-order valence-corrected chi connectivity index (χ2v) is 6.51. The van der Waals surface area contributed by atoms with Crippen molar-refractivity contribution in [1.29, 1.82) is 0 Å². The van der Waals surface area contributed by atoms with Gasteiger partial charge in [0.25, 0.3) is 0 Å². The Morgan fingerprint density at radius 1 is 1.47 bits per heavy atom. The molecule has 4 heteroatoms. The van der Waals surface area contributed by atoms with Gasteiger partial charge in [-0.05, 0) is 36.6 Å². The highest BCUT2D eigenvalue weighted by molar-refractivity contribution is 9.10. The van der Waals surface area contributed by atoms with Crippen LogP contribution in [-0.2, 0) is 0 Å². The standard InChI is InChI=1S/C13H17BrN2S/c1-8(2)12-7-17-13(16-12)15-10-4-5-11(14)9(3)6-10/h4-6,8,12H,7H2,1-3H3,(H,15,16)/t12-/m1/s1. The van der Waals surface area contributed by atoms with Crippen molar-refractivity contribution in [3.63, 3.8) is 0 Å². The van der Waals surface area contributed by atoms with E-state index >= 15 is 0 Å². The van der Waals surface area contributed by atoms with Crippen LogP contribution in [0.3, 0.4) is 0 Å². The van der Waals surface area contributed by atoms with Crippen LogP contribution in [0.25, 0.3) is 0 Å². The van der Waals surface area contributed by atoms with Crippen LogP contribution in [0.4, 0.5) is 5.69 Å². The van der Waals surface area contributed by atoms with Gasteiger partial charge in [-0.15, -0.1) is 0 Å². The molecule has 2 nitrogen and oxygen atoms in total. The van der Waals surface area contributed by atoms with Crippen LogP contribution in [-0.4, -0.2) is 17.0 Å². The first-order valence-corrected chi connectivity index (χ1v) is 7.58. The number of aryl methyl sites for hydroxylation is 1. The third-order valence-electron chi connectivity index (χ3n) is 2.85. The summed E-state index contributed by atoms with van der Waals surface area (Å²) >= 11 is 5.32. The van der Waals surface area contributed by atoms with Crippen molar-refractivity contribution >= 4 is 38.5 Å². The number of thioether (sulfide) groups is 1. The first-order valence-electron chi connectivity index (χ1n) is 5.80. The zero-order chi connectivity index (χ0) is 12.4. The minimum Gasteiger partial charge on any atom is -0.335 e. The molecule has 0 saturated carbocycles. The molecule has 92 valence electrons. The van der Waals surface area contributed by atoms with Crippen molar-refractivity contribution in [2.24, 2.45) is 10.9 Å². The Morgan fingerprint density at radius 2 is 2.24 bits per heavy atom. The van der Waals surface area contributed by atoms with Crippen molar-refractivity contribution in [2.75, 3.05) is 11.1 Å². The van der Waals surface area contributed by atoms with Gasteiger partial charge in [-0.25, -0.2) is 0 Å². The van der Waals surface area contributed by atoms with Gasteiger partial charge in [-0.3, -0.25) is 4.99 Å². The van der Waals surface area contributed by atoms with E-state index in [1.807, 2.05) is 11.8 Å². The Hall–Kier alpha value is -0.480. The first-order chi connectivity index (χ1) is 8.06. The molecule has 0 bridgehead atoms. The fraction of sp³-hybridized carbons (Fsp3) is 0.462. The average molecular weight is 313 g/mol. The molecule has 0 amide bonds. The monoisotopic (exact) mass is 312 g/mol. The van der Waals surface area contributed by atoms with E-state index in [-0.39, 0.29) is 0 Å². The number of nitrogens with one attached hydrogen (secondary N) is 1. The molecule has 0 saturated heterocycles. The van der Waals surface area contributed by atoms with Crippen molar-refractivity contribution in [1.82, 2.24) is 0 Å². The second kappa shape index (κ2) is 5.44. The Balaban J connectivity index is 2.06. The van der Waals surface area contributed by atoms with Gasteiger partial charge in [-0.2, -0.15) is 0 Å². The molecule has 0 aromatic heterocycles. The fourth-order valence-corrected chi connectivity index (χ4v) is 3.08. The van der Waals surface area contributed by atoms with E-state index in [1.54, 1.807) is 0 Å². The number of hydrogen-bond donors (Lipinski definition) is 1. The van der Waals surface area contributed by atoms with Crippen molar-refractivity contribution < 1.29 is 0 Å². The Kier molecular flexibility index (Phi) is 4.15. The third kappa shape index (κ3) is 3.26. The summed E-state index contributed by atoms with van der Waals surface area (Å²) < 4.78 is 1.14. The van der Waals surface area contributed by atoms with E-state index in [2.05, 4.69) is 60.2 Å². The smallest absolute Gasteiger partial charge is 0.161 e. The number of rotatable bonds is 2. The summed E-state index contributed by atoms with van der Waals surface area (Å²) in [7, 11) is 0. The van der Waals surface area contributed by atoms with Gasteiger partial charge in [0.05, 0.1) is 6.04 Å². The highest BCUT2D eigenvalue weighted by Gasteiger charge is 2.20. The summed E-state index contributed by atoms with van der Waals surface area (Å²) in [4.78, 5) is 4.69. The van der Waals surface area contributed by atoms with Gasteiger partial charge < -0.3 is 5.32 Å². The molecule has 1 aliphatic rings. The van der Waals surface area contributed by atoms with Crippen molar-refractivity contribution in [2.45, 2.75) is 26.8 Å². The molecule has 0 unspecified atom stereocenters. The van der Waals surface area contributed by atoms with Crippen LogP contribution in [0, 0.1) is 12.8 Å². The lowest BCUT2D eigenvalue weighted by Gasteiger charge is -2.08. The van der Waals surface area contributed by atoms with Crippen LogP contribution >= 0.6 is 27.7 Å². The molecule has 0 fully saturated rings. The van der Waals surface area contributed by atoms with Crippen molar-refractivity contribution in [3.05, 3.63) is 28.2 Å². The lowest BCUT2D eigenvalue weighted by molar-refractivity contribution is 0.543. The number of amidine groups is 1. The van der Waals surface area contributed by atoms with Crippen LogP contribution in [0.15, 0.2) is 27.7 Å². The topological polar surface area (TPSA) is 24.4 Å². The molecule has 1 aliphatic heterocycles. The number of hydrogen-bond acceptors (Lipinski definition) is 3. The SMILES string of the molecule is Cc1cc(NC2=N[C@@H](C(C)C)CS2)ccc1Br. The van der Waals surface area contributed by atoms with E-state index in [0.29, 0.717) is 12.0 Å². The van der Waals surface area contributed by atoms with Crippen LogP contribution in [0.2, 0.25) is 0 Å². The van der Waals surface area contributed by atoms with E-state index < -0.39 is 0 Å². The van der Waals surface area contributed by atoms with Crippen LogP contribution in [0.1, 0.15) is 19.4 Å². The Morgan fingerprint density at radius 3 is 2.82 bits per heavy atom. The average Bonchev–Trinajstić information content (AvgIpc) is 2.72. The molecule has 17 heavy (non-hydrogen) atoms. The summed E-state index contributed by atoms with van der Waals surface area (Å²) in [6.07, 6.45) is 0. The molecule has 0 spiro atoms. The minimum atomic E-state index is 0.457. The summed E-state index contributed by atoms with van der Waals surface area (Å²) in [5, 5.41) is 4.43. The zero-order valence-corrected chi connectivity index (χ0v) is 12.7. The summed E-state index contributed by atoms with van der Waals surface area (Å²) in [6.45, 7) is 6.54. The lowest BCUT2D eigenvalue weighted by Crippen LogP contribution is -2.12. The maximum absolute atomic E-state index is 4.69. The number of anilines is 1. The number of aliphatic imine (C=N–C) groups is 1. The molecule has 0 aliphatic carbocycles. The molecule has 1 atom stereocenters. The molecule has 1 N–H and O–H groups in total. The quantitative estimate of drug-likeness (QED) is 0.880. The number of benzene rings is 1. The fourth-order valence-electron chi connectivity index (χ4n) is 1.65. The summed E-state index contributed by atoms with van der Waals surface area (Å²) in [5.74, 6) is 1.71. The van der Waals surface area contributed by atoms with Gasteiger partial charge in [0.2, 0.25) is 0 Å². The maximum Gasteiger partial charge on any atom is 0.161 e. The highest BCUT2D eigenvalue weighted by Crippen LogP contribution is 2.26. The predicted octanol–water partition coefficient (Wildman–Crippen LogP) is 4.30. The molecule has 2 rings (SSSR count). The number of nitrogens with zero attached hydrogens (tertiary/aromatic N) is 1. The normalized spacial score (nSPS) is 19.6. The lowest BCUT2D eigenvalue weighted by atomic mass is 10.1. The molecule has 1 heterocycles. The van der Waals surface area contributed by atoms with Gasteiger partial charge in [0.1, 0.15) is 0 Å². The number of halogens is 1. The molecule has 1 aromatic rings. The first kappa shape index (κ1) is 13.0. The molecule has 0 radical (unpaired) electrons. The van der Waals surface area contributed by atoms with Gasteiger partial charge in [-0.1, -0.05) is 41.5 Å². The minimum absolute atomic E-state index is 0.457. The van der Waals surface area contributed by atoms with E-state index in [1.165, 1.54) is 5.56 Å². The summed E-state index contributed by atoms with van der Waals surface area (Å²) in [6, 6.07) is 6.73. The van der Waals surface area contributed by atoms with E-state index in [9.17, 15) is 0 Å². The predicted molar refractivity (Wildman–Crippen MR) is 81.0 cm³/mol. The van der Waals surface area contributed by atoms with E-state index in [4.69, 9.17) is 4.99 Å². The third-order valence-corrected chi connectivity index (χ3v) is 4.73. The largest absolute Gasteiger partial charge is 0.335 e. The Labute approximate surface area is 115 Å². The molecular formula is C13H17BrN2S. The highest BCUT2D eigenvalue weighted by atomic mass is 79.9. The van der Waals surface area contributed by atoms with Gasteiger partial charge in [0, 0.05) is 15.9 Å². The Bertz CT molecular complexity index is 443. The van der Waals surface area contributed by atoms with Crippen LogP contribution < -0.4 is 5.32 Å². The molecular weight excluding hydrogens is 296 g/mol. The van der Waals surface area contributed by atoms with Gasteiger partial charge in [0.15, 0.2) is 5.17 Å².